The lowest BCUT2D eigenvalue weighted by Gasteiger charge is -2.13. The van der Waals surface area contributed by atoms with Crippen LogP contribution in [0.25, 0.3) is 0 Å². The van der Waals surface area contributed by atoms with Crippen molar-refractivity contribution >= 4 is 55.8 Å². The van der Waals surface area contributed by atoms with Crippen molar-refractivity contribution in [3.8, 4) is 0 Å². The summed E-state index contributed by atoms with van der Waals surface area (Å²) in [6.07, 6.45) is 0.380. The average molecular weight is 394 g/mol. The zero-order valence-corrected chi connectivity index (χ0v) is 14.8. The van der Waals surface area contributed by atoms with Gasteiger partial charge in [0.05, 0.1) is 19.3 Å². The van der Waals surface area contributed by atoms with Crippen LogP contribution < -0.4 is 0 Å². The second-order valence-electron chi connectivity index (χ2n) is 3.64. The van der Waals surface area contributed by atoms with Gasteiger partial charge in [-0.1, -0.05) is 0 Å². The van der Waals surface area contributed by atoms with E-state index in [0.717, 1.165) is 0 Å². The van der Waals surface area contributed by atoms with Gasteiger partial charge in [-0.2, -0.15) is 37.9 Å². The third-order valence-corrected chi connectivity index (χ3v) is 2.06. The summed E-state index contributed by atoms with van der Waals surface area (Å²) in [4.78, 5) is 29.6. The van der Waals surface area contributed by atoms with Crippen LogP contribution >= 0.6 is 37.9 Å². The first-order valence-corrected chi connectivity index (χ1v) is 7.98. The number of carboxylic acids is 2. The van der Waals surface area contributed by atoms with Crippen LogP contribution in [0.4, 0.5) is 0 Å². The van der Waals surface area contributed by atoms with E-state index in [9.17, 15) is 14.4 Å². The van der Waals surface area contributed by atoms with Crippen LogP contribution in [-0.2, 0) is 19.1 Å². The fraction of sp³-hybridized carbons (Fsp3) is 0.727. The van der Waals surface area contributed by atoms with Gasteiger partial charge < -0.3 is 30.3 Å². The van der Waals surface area contributed by atoms with E-state index in [-0.39, 0.29) is 19.3 Å². The van der Waals surface area contributed by atoms with Crippen molar-refractivity contribution in [1.82, 2.24) is 0 Å². The first-order chi connectivity index (χ1) is 10.5. The molecular weight excluding hydrogens is 372 g/mol. The molecule has 0 fully saturated rings. The van der Waals surface area contributed by atoms with Gasteiger partial charge >= 0.3 is 23.9 Å². The molecule has 0 radical (unpaired) electrons. The Bertz CT molecular complexity index is 315. The number of hydrogen-bond acceptors (Lipinski definition) is 10. The zero-order valence-electron chi connectivity index (χ0n) is 12.2. The number of ether oxygens (including phenoxy) is 1. The molecule has 0 atom stereocenters. The summed E-state index contributed by atoms with van der Waals surface area (Å²) < 4.78 is 4.21. The fourth-order valence-corrected chi connectivity index (χ4v) is 1.10. The summed E-state index contributed by atoms with van der Waals surface area (Å²) in [7, 11) is 0. The van der Waals surface area contributed by atoms with E-state index in [2.05, 4.69) is 42.6 Å². The lowest BCUT2D eigenvalue weighted by atomic mass is 10.5. The predicted octanol–water partition coefficient (Wildman–Crippen LogP) is -0.738. The van der Waals surface area contributed by atoms with Gasteiger partial charge in [0.25, 0.3) is 0 Å². The molecule has 12 heteroatoms. The number of hydrogen-bond donors (Lipinski definition) is 8. The number of rotatable bonds is 8. The first-order valence-electron chi connectivity index (χ1n) is 6.09. The normalized spacial score (nSPS) is 9.65. The van der Waals surface area contributed by atoms with Gasteiger partial charge in [-0.25, -0.2) is 0 Å². The summed E-state index contributed by atoms with van der Waals surface area (Å²) in [6, 6.07) is 0. The van der Waals surface area contributed by atoms with E-state index >= 15 is 0 Å². The van der Waals surface area contributed by atoms with Crippen LogP contribution in [0.2, 0.25) is 0 Å². The molecule has 138 valence electrons. The van der Waals surface area contributed by atoms with Gasteiger partial charge in [0.15, 0.2) is 6.61 Å². The Kier molecular flexibility index (Phi) is 20.9. The fourth-order valence-electron chi connectivity index (χ4n) is 0.532. The number of thiol groups is 3. The Morgan fingerprint density at radius 1 is 0.783 bits per heavy atom. The van der Waals surface area contributed by atoms with Gasteiger partial charge in [0.1, 0.15) is 0 Å². The standard InChI is InChI=1S/C5H10O5S.2C3H6O2S/c6-4(1-2-11)10-3-5(7,8)9;2*4-3(5)1-2-6/h7-9,11H,1-3H2;2*6H,1-2H2,(H,4,5). The molecule has 5 N–H and O–H groups in total. The molecule has 0 aromatic heterocycles. The minimum Gasteiger partial charge on any atom is -0.481 e. The second-order valence-corrected chi connectivity index (χ2v) is 4.98. The van der Waals surface area contributed by atoms with E-state index in [1.807, 2.05) is 0 Å². The Morgan fingerprint density at radius 3 is 1.30 bits per heavy atom. The summed E-state index contributed by atoms with van der Waals surface area (Å²) >= 11 is 11.1. The number of carboxylic acid groups (broad SMARTS) is 2. The third kappa shape index (κ3) is 38.8. The Hall–Kier alpha value is -0.660. The number of esters is 1. The van der Waals surface area contributed by atoms with Crippen molar-refractivity contribution in [3.05, 3.63) is 0 Å². The minimum absolute atomic E-state index is 0.0686. The van der Waals surface area contributed by atoms with E-state index in [1.165, 1.54) is 0 Å². The van der Waals surface area contributed by atoms with Crippen molar-refractivity contribution in [2.45, 2.75) is 25.2 Å². The van der Waals surface area contributed by atoms with E-state index in [4.69, 9.17) is 25.5 Å². The van der Waals surface area contributed by atoms with Crippen LogP contribution in [0.3, 0.4) is 0 Å². The summed E-state index contributed by atoms with van der Waals surface area (Å²) in [5, 5.41) is 40.5. The summed E-state index contributed by atoms with van der Waals surface area (Å²) in [5.41, 5.74) is 0. The molecule has 0 unspecified atom stereocenters. The van der Waals surface area contributed by atoms with Crippen LogP contribution in [0.15, 0.2) is 0 Å². The highest BCUT2D eigenvalue weighted by atomic mass is 32.1. The maximum Gasteiger partial charge on any atom is 0.311 e. The molecule has 0 aliphatic heterocycles. The quantitative estimate of drug-likeness (QED) is 0.151. The van der Waals surface area contributed by atoms with Crippen LogP contribution in [-0.4, -0.2) is 73.3 Å². The second kappa shape index (κ2) is 17.7. The lowest BCUT2D eigenvalue weighted by Crippen LogP contribution is -2.34. The van der Waals surface area contributed by atoms with Gasteiger partial charge in [-0.3, -0.25) is 14.4 Å². The van der Waals surface area contributed by atoms with Gasteiger partial charge in [-0.15, -0.1) is 0 Å². The highest BCUT2D eigenvalue weighted by Gasteiger charge is 2.20. The predicted molar refractivity (Wildman–Crippen MR) is 91.0 cm³/mol. The van der Waals surface area contributed by atoms with E-state index in [1.54, 1.807) is 0 Å². The number of aliphatic carboxylic acids is 2. The van der Waals surface area contributed by atoms with Crippen LogP contribution in [0.1, 0.15) is 19.3 Å². The topological polar surface area (TPSA) is 162 Å². The molecule has 9 nitrogen and oxygen atoms in total. The first kappa shape index (κ1) is 27.2. The maximum atomic E-state index is 10.5. The Balaban J connectivity index is -0.000000284. The number of carbonyl (C=O) groups excluding carboxylic acids is 1. The average Bonchev–Trinajstić information content (AvgIpc) is 2.37. The molecular formula is C11H22O9S3. The maximum absolute atomic E-state index is 10.5. The highest BCUT2D eigenvalue weighted by Crippen LogP contribution is 1.96. The Labute approximate surface area is 149 Å². The van der Waals surface area contributed by atoms with Crippen molar-refractivity contribution < 1.29 is 44.7 Å². The Morgan fingerprint density at radius 2 is 1.13 bits per heavy atom. The molecule has 0 heterocycles. The molecule has 0 aromatic carbocycles. The summed E-state index contributed by atoms with van der Waals surface area (Å²) in [5.74, 6) is -3.98. The van der Waals surface area contributed by atoms with Crippen LogP contribution in [0, 0.1) is 0 Å². The molecule has 0 aromatic rings. The third-order valence-electron chi connectivity index (χ3n) is 1.39. The molecule has 0 aliphatic carbocycles. The van der Waals surface area contributed by atoms with Gasteiger partial charge in [0, 0.05) is 17.3 Å². The number of aliphatic hydroxyl groups is 3. The SMILES string of the molecule is O=C(CCS)OCC(O)(O)O.O=C(O)CCS.O=C(O)CCS. The summed E-state index contributed by atoms with van der Waals surface area (Å²) in [6.45, 7) is -0.848. The molecule has 0 spiro atoms. The van der Waals surface area contributed by atoms with Crippen molar-refractivity contribution in [3.63, 3.8) is 0 Å². The smallest absolute Gasteiger partial charge is 0.311 e. The van der Waals surface area contributed by atoms with Gasteiger partial charge in [-0.05, 0) is 0 Å². The van der Waals surface area contributed by atoms with E-state index < -0.39 is 30.5 Å². The van der Waals surface area contributed by atoms with E-state index in [0.29, 0.717) is 17.3 Å². The van der Waals surface area contributed by atoms with Crippen LogP contribution in [0.5, 0.6) is 0 Å². The van der Waals surface area contributed by atoms with Crippen molar-refractivity contribution in [1.29, 1.82) is 0 Å². The molecule has 0 aliphatic rings. The molecule has 0 bridgehead atoms. The van der Waals surface area contributed by atoms with Gasteiger partial charge in [0.2, 0.25) is 0 Å². The molecule has 0 saturated carbocycles. The highest BCUT2D eigenvalue weighted by molar-refractivity contribution is 7.80. The number of carbonyl (C=O) groups is 3. The zero-order chi connectivity index (χ0) is 18.9. The monoisotopic (exact) mass is 394 g/mol. The lowest BCUT2D eigenvalue weighted by molar-refractivity contribution is -0.327. The van der Waals surface area contributed by atoms with Crippen molar-refractivity contribution in [2.24, 2.45) is 0 Å². The molecule has 0 amide bonds. The minimum atomic E-state index is -2.94. The molecule has 0 rings (SSSR count). The largest absolute Gasteiger partial charge is 0.481 e. The molecule has 0 saturated heterocycles. The van der Waals surface area contributed by atoms with Crippen molar-refractivity contribution in [2.75, 3.05) is 23.9 Å². The molecule has 23 heavy (non-hydrogen) atoms.